The third-order valence-corrected chi connectivity index (χ3v) is 5.15. The lowest BCUT2D eigenvalue weighted by Gasteiger charge is -2.09. The van der Waals surface area contributed by atoms with Gasteiger partial charge in [-0.15, -0.1) is 0 Å². The monoisotopic (exact) mass is 489 g/mol. The van der Waals surface area contributed by atoms with Gasteiger partial charge in [0.15, 0.2) is 6.61 Å². The molecule has 0 saturated carbocycles. The number of fused-ring (bicyclic) bond motifs is 1. The van der Waals surface area contributed by atoms with Crippen LogP contribution < -0.4 is 10.1 Å². The molecule has 1 N–H and O–H groups in total. The second-order valence-corrected chi connectivity index (χ2v) is 8.58. The number of nitrogens with one attached hydrogen (secondary N) is 1. The Morgan fingerprint density at radius 2 is 1.90 bits per heavy atom. The van der Waals surface area contributed by atoms with E-state index in [-0.39, 0.29) is 12.5 Å². The Morgan fingerprint density at radius 1 is 1.13 bits per heavy atom. The number of rotatable bonds is 11. The van der Waals surface area contributed by atoms with Crippen LogP contribution in [0.4, 0.5) is 0 Å². The molecule has 3 aromatic rings. The lowest BCUT2D eigenvalue weighted by molar-refractivity contribution is -0.123. The number of allylic oxidation sites excluding steroid dienone is 1. The van der Waals surface area contributed by atoms with Crippen molar-refractivity contribution in [3.05, 3.63) is 70.4 Å². The van der Waals surface area contributed by atoms with Gasteiger partial charge in [0, 0.05) is 22.5 Å². The maximum atomic E-state index is 11.9. The van der Waals surface area contributed by atoms with Crippen LogP contribution in [0.2, 0.25) is 5.02 Å². The molecule has 1 amide bonds. The highest BCUT2D eigenvalue weighted by Gasteiger charge is 2.10. The molecule has 1 aromatic heterocycles. The van der Waals surface area contributed by atoms with E-state index in [1.54, 1.807) is 24.3 Å². The minimum Gasteiger partial charge on any atom is -0.484 e. The number of imidazole rings is 1. The van der Waals surface area contributed by atoms with Crippen LogP contribution in [0, 0.1) is 0 Å². The minimum atomic E-state index is -0.123. The summed E-state index contributed by atoms with van der Waals surface area (Å²) in [6, 6.07) is 15.1. The first-order valence-electron chi connectivity index (χ1n) is 9.95. The summed E-state index contributed by atoms with van der Waals surface area (Å²) in [5.74, 6) is 1.57. The van der Waals surface area contributed by atoms with Gasteiger partial charge in [-0.1, -0.05) is 52.7 Å². The molecule has 0 saturated heterocycles. The molecule has 5 nitrogen and oxygen atoms in total. The second-order valence-electron chi connectivity index (χ2n) is 7.02. The molecule has 0 aliphatic heterocycles. The normalized spacial score (nSPS) is 10.9. The van der Waals surface area contributed by atoms with E-state index in [9.17, 15) is 4.79 Å². The number of ether oxygens (including phenoxy) is 1. The predicted molar refractivity (Wildman–Crippen MR) is 125 cm³/mol. The molecule has 30 heavy (non-hydrogen) atoms. The van der Waals surface area contributed by atoms with E-state index >= 15 is 0 Å². The average Bonchev–Trinajstić information content (AvgIpc) is 3.07. The Morgan fingerprint density at radius 3 is 2.67 bits per heavy atom. The number of benzene rings is 2. The zero-order chi connectivity index (χ0) is 21.3. The molecule has 2 aromatic carbocycles. The fraction of sp³-hybridized carbons (Fsp3) is 0.304. The van der Waals surface area contributed by atoms with Crippen molar-refractivity contribution < 1.29 is 9.53 Å². The SMILES string of the molecule is C=C(Br)Cn1c(CCCCCNC(=O)COc2ccc(Cl)cc2)nc2ccccc21. The average molecular weight is 491 g/mol. The largest absolute Gasteiger partial charge is 0.484 e. The van der Waals surface area contributed by atoms with Gasteiger partial charge < -0.3 is 14.6 Å². The second kappa shape index (κ2) is 11.2. The van der Waals surface area contributed by atoms with E-state index in [1.165, 1.54) is 0 Å². The highest BCUT2D eigenvalue weighted by molar-refractivity contribution is 9.11. The smallest absolute Gasteiger partial charge is 0.257 e. The van der Waals surface area contributed by atoms with Crippen LogP contribution in [-0.2, 0) is 17.8 Å². The van der Waals surface area contributed by atoms with Crippen LogP contribution in [0.25, 0.3) is 11.0 Å². The van der Waals surface area contributed by atoms with Crippen LogP contribution in [0.3, 0.4) is 0 Å². The third kappa shape index (κ3) is 6.61. The van der Waals surface area contributed by atoms with Gasteiger partial charge in [-0.05, 0) is 49.2 Å². The van der Waals surface area contributed by atoms with E-state index < -0.39 is 0 Å². The molecule has 3 rings (SSSR count). The van der Waals surface area contributed by atoms with E-state index in [2.05, 4.69) is 38.5 Å². The number of para-hydroxylation sites is 2. The predicted octanol–water partition coefficient (Wildman–Crippen LogP) is 5.51. The highest BCUT2D eigenvalue weighted by atomic mass is 79.9. The molecule has 0 spiro atoms. The van der Waals surface area contributed by atoms with Gasteiger partial charge >= 0.3 is 0 Å². The van der Waals surface area contributed by atoms with Crippen molar-refractivity contribution >= 4 is 44.5 Å². The lowest BCUT2D eigenvalue weighted by atomic mass is 10.2. The fourth-order valence-electron chi connectivity index (χ4n) is 3.21. The number of hydrogen-bond donors (Lipinski definition) is 1. The first-order chi connectivity index (χ1) is 14.5. The molecular weight excluding hydrogens is 466 g/mol. The van der Waals surface area contributed by atoms with Crippen molar-refractivity contribution in [2.24, 2.45) is 0 Å². The third-order valence-electron chi connectivity index (χ3n) is 4.65. The standard InChI is InChI=1S/C23H25BrClN3O2/c1-17(24)15-28-21-8-5-4-7-20(21)27-22(28)9-3-2-6-14-26-23(29)16-30-19-12-10-18(25)11-13-19/h4-5,7-8,10-13H,1-3,6,9,14-16H2,(H,26,29). The molecule has 0 aliphatic rings. The topological polar surface area (TPSA) is 56.2 Å². The van der Waals surface area contributed by atoms with Crippen LogP contribution in [0.1, 0.15) is 25.1 Å². The van der Waals surface area contributed by atoms with Crippen molar-refractivity contribution in [2.75, 3.05) is 13.2 Å². The van der Waals surface area contributed by atoms with Crippen molar-refractivity contribution in [2.45, 2.75) is 32.2 Å². The van der Waals surface area contributed by atoms with Gasteiger partial charge in [-0.3, -0.25) is 4.79 Å². The zero-order valence-corrected chi connectivity index (χ0v) is 19.1. The van der Waals surface area contributed by atoms with Crippen LogP contribution in [-0.4, -0.2) is 28.6 Å². The van der Waals surface area contributed by atoms with E-state index in [1.807, 2.05) is 18.2 Å². The molecule has 0 fully saturated rings. The summed E-state index contributed by atoms with van der Waals surface area (Å²) in [5.41, 5.74) is 2.13. The summed E-state index contributed by atoms with van der Waals surface area (Å²) in [6.07, 6.45) is 3.83. The fourth-order valence-corrected chi connectivity index (χ4v) is 3.58. The van der Waals surface area contributed by atoms with Gasteiger partial charge in [0.05, 0.1) is 17.6 Å². The van der Waals surface area contributed by atoms with Crippen LogP contribution in [0.15, 0.2) is 59.6 Å². The van der Waals surface area contributed by atoms with Crippen molar-refractivity contribution in [3.8, 4) is 5.75 Å². The van der Waals surface area contributed by atoms with Gasteiger partial charge in [0.25, 0.3) is 5.91 Å². The number of halogens is 2. The maximum absolute atomic E-state index is 11.9. The Hall–Kier alpha value is -2.31. The van der Waals surface area contributed by atoms with E-state index in [0.717, 1.165) is 47.0 Å². The van der Waals surface area contributed by atoms with Gasteiger partial charge in [0.2, 0.25) is 0 Å². The Bertz CT molecular complexity index is 1000. The number of aromatic nitrogens is 2. The first kappa shape index (κ1) is 22.4. The first-order valence-corrected chi connectivity index (χ1v) is 11.1. The molecule has 0 unspecified atom stereocenters. The van der Waals surface area contributed by atoms with Gasteiger partial charge in [-0.2, -0.15) is 0 Å². The molecule has 1 heterocycles. The minimum absolute atomic E-state index is 0.00207. The number of nitrogens with zero attached hydrogens (tertiary/aromatic N) is 2. The maximum Gasteiger partial charge on any atom is 0.257 e. The Balaban J connectivity index is 1.37. The van der Waals surface area contributed by atoms with Crippen LogP contribution >= 0.6 is 27.5 Å². The summed E-state index contributed by atoms with van der Waals surface area (Å²) in [7, 11) is 0. The van der Waals surface area contributed by atoms with Crippen molar-refractivity contribution in [3.63, 3.8) is 0 Å². The number of carbonyl (C=O) groups excluding carboxylic acids is 1. The number of carbonyl (C=O) groups is 1. The van der Waals surface area contributed by atoms with E-state index in [4.69, 9.17) is 21.3 Å². The van der Waals surface area contributed by atoms with Crippen molar-refractivity contribution in [1.29, 1.82) is 0 Å². The zero-order valence-electron chi connectivity index (χ0n) is 16.7. The van der Waals surface area contributed by atoms with Crippen molar-refractivity contribution in [1.82, 2.24) is 14.9 Å². The Labute approximate surface area is 190 Å². The number of unbranched alkanes of at least 4 members (excludes halogenated alkanes) is 2. The summed E-state index contributed by atoms with van der Waals surface area (Å²) < 4.78 is 8.58. The quantitative estimate of drug-likeness (QED) is 0.361. The summed E-state index contributed by atoms with van der Waals surface area (Å²) in [4.78, 5) is 16.7. The number of aryl methyl sites for hydroxylation is 1. The summed E-state index contributed by atoms with van der Waals surface area (Å²) in [6.45, 7) is 5.31. The molecule has 0 bridgehead atoms. The molecule has 0 atom stereocenters. The van der Waals surface area contributed by atoms with Crippen LogP contribution in [0.5, 0.6) is 5.75 Å². The van der Waals surface area contributed by atoms with E-state index in [0.29, 0.717) is 23.9 Å². The molecule has 0 radical (unpaired) electrons. The molecule has 0 aliphatic carbocycles. The summed E-state index contributed by atoms with van der Waals surface area (Å²) in [5, 5.41) is 3.53. The summed E-state index contributed by atoms with van der Waals surface area (Å²) >= 11 is 9.29. The number of amides is 1. The lowest BCUT2D eigenvalue weighted by Crippen LogP contribution is -2.29. The number of hydrogen-bond acceptors (Lipinski definition) is 3. The van der Waals surface area contributed by atoms with Gasteiger partial charge in [0.1, 0.15) is 11.6 Å². The Kier molecular flexibility index (Phi) is 8.34. The highest BCUT2D eigenvalue weighted by Crippen LogP contribution is 2.20. The molecule has 158 valence electrons. The molecular formula is C23H25BrClN3O2. The molecule has 7 heteroatoms. The van der Waals surface area contributed by atoms with Gasteiger partial charge in [-0.25, -0.2) is 4.98 Å².